The molecule has 31 heavy (non-hydrogen) atoms. The monoisotopic (exact) mass is 441 g/mol. The lowest BCUT2D eigenvalue weighted by Gasteiger charge is -2.32. The third-order valence-corrected chi connectivity index (χ3v) is 6.32. The third kappa shape index (κ3) is 3.07. The van der Waals surface area contributed by atoms with Gasteiger partial charge in [-0.1, -0.05) is 0 Å². The summed E-state index contributed by atoms with van der Waals surface area (Å²) in [5, 5.41) is 16.2. The summed E-state index contributed by atoms with van der Waals surface area (Å²) in [5.41, 5.74) is 6.65. The van der Waals surface area contributed by atoms with Crippen molar-refractivity contribution in [2.75, 3.05) is 23.8 Å². The number of nitrogens with zero attached hydrogens (tertiary/aromatic N) is 5. The van der Waals surface area contributed by atoms with Crippen LogP contribution in [-0.2, 0) is 16.6 Å². The van der Waals surface area contributed by atoms with Gasteiger partial charge >= 0.3 is 0 Å². The zero-order valence-electron chi connectivity index (χ0n) is 16.7. The van der Waals surface area contributed by atoms with E-state index in [-0.39, 0.29) is 12.4 Å². The Hall–Kier alpha value is -3.35. The summed E-state index contributed by atoms with van der Waals surface area (Å²) < 4.78 is 11.9. The van der Waals surface area contributed by atoms with Crippen molar-refractivity contribution >= 4 is 50.1 Å². The first-order valence-corrected chi connectivity index (χ1v) is 10.3. The summed E-state index contributed by atoms with van der Waals surface area (Å²) in [6.07, 6.45) is -2.68. The zero-order valence-corrected chi connectivity index (χ0v) is 17.5. The van der Waals surface area contributed by atoms with Crippen LogP contribution >= 0.6 is 11.5 Å². The Morgan fingerprint density at radius 2 is 2.19 bits per heavy atom. The highest BCUT2D eigenvalue weighted by Gasteiger charge is 2.38. The number of fused-ring (bicyclic) bond motifs is 3. The molecule has 4 N–H and O–H groups in total. The molecule has 5 rings (SSSR count). The summed E-state index contributed by atoms with van der Waals surface area (Å²) in [6, 6.07) is 5.15. The Balaban J connectivity index is 1.51. The number of aliphatic hydroxyl groups is 1. The molecule has 0 radical (unpaired) electrons. The summed E-state index contributed by atoms with van der Waals surface area (Å²) in [4.78, 5) is 34.3. The number of anilines is 2. The van der Waals surface area contributed by atoms with Crippen LogP contribution in [0.25, 0.3) is 21.0 Å². The number of aliphatic hydroxyl groups excluding tert-OH is 1. The van der Waals surface area contributed by atoms with Crippen molar-refractivity contribution in [2.45, 2.75) is 19.1 Å². The van der Waals surface area contributed by atoms with E-state index in [0.29, 0.717) is 39.2 Å². The van der Waals surface area contributed by atoms with E-state index in [1.807, 2.05) is 6.92 Å². The molecular weight excluding hydrogens is 422 g/mol. The summed E-state index contributed by atoms with van der Waals surface area (Å²) in [7, 11) is 1.79. The maximum Gasteiger partial charge on any atom is 0.260 e. The first-order chi connectivity index (χ1) is 14.8. The third-order valence-electron chi connectivity index (χ3n) is 5.42. The van der Waals surface area contributed by atoms with Gasteiger partial charge in [0, 0.05) is 24.2 Å². The second kappa shape index (κ2) is 7.11. The number of hydrogen-bond donors (Lipinski definition) is 3. The molecule has 1 aromatic carbocycles. The summed E-state index contributed by atoms with van der Waals surface area (Å²) in [5.74, 6) is 0.323. The van der Waals surface area contributed by atoms with Crippen LogP contribution < -0.4 is 16.2 Å². The van der Waals surface area contributed by atoms with Gasteiger partial charge in [0.05, 0.1) is 28.8 Å². The largest absolute Gasteiger partial charge is 0.382 e. The van der Waals surface area contributed by atoms with Crippen molar-refractivity contribution in [3.8, 4) is 0 Å². The Kier molecular flexibility index (Phi) is 4.50. The van der Waals surface area contributed by atoms with Crippen molar-refractivity contribution in [1.82, 2.24) is 24.1 Å². The second-order valence-electron chi connectivity index (χ2n) is 7.35. The first-order valence-electron chi connectivity index (χ1n) is 9.54. The van der Waals surface area contributed by atoms with Gasteiger partial charge < -0.3 is 20.6 Å². The van der Waals surface area contributed by atoms with Gasteiger partial charge in [0.25, 0.3) is 11.5 Å². The quantitative estimate of drug-likeness (QED) is 0.418. The Morgan fingerprint density at radius 3 is 2.94 bits per heavy atom. The van der Waals surface area contributed by atoms with Crippen LogP contribution in [0.4, 0.5) is 11.6 Å². The lowest BCUT2D eigenvalue weighted by Crippen LogP contribution is -2.50. The van der Waals surface area contributed by atoms with Crippen molar-refractivity contribution in [1.29, 1.82) is 0 Å². The van der Waals surface area contributed by atoms with Crippen LogP contribution in [-0.4, -0.2) is 54.4 Å². The van der Waals surface area contributed by atoms with E-state index in [1.54, 1.807) is 29.9 Å². The van der Waals surface area contributed by atoms with E-state index < -0.39 is 23.7 Å². The predicted molar refractivity (Wildman–Crippen MR) is 115 cm³/mol. The zero-order chi connectivity index (χ0) is 21.9. The Morgan fingerprint density at radius 1 is 1.39 bits per heavy atom. The molecule has 0 saturated carbocycles. The molecule has 1 aliphatic heterocycles. The SMILES string of the molecule is Cc1cc(N2CCOC(C(O)c3nc4ccc5c(N)nsc5c4c(=O)[nH]3)C2=O)nn1C. The van der Waals surface area contributed by atoms with E-state index in [1.165, 1.54) is 4.90 Å². The van der Waals surface area contributed by atoms with Crippen LogP contribution in [0.5, 0.6) is 0 Å². The van der Waals surface area contributed by atoms with Crippen LogP contribution in [0.15, 0.2) is 23.0 Å². The number of nitrogens with two attached hydrogens (primary N) is 1. The summed E-state index contributed by atoms with van der Waals surface area (Å²) in [6.45, 7) is 2.40. The van der Waals surface area contributed by atoms with Gasteiger partial charge in [-0.15, -0.1) is 0 Å². The number of aromatic nitrogens is 5. The van der Waals surface area contributed by atoms with Gasteiger partial charge in [-0.2, -0.15) is 9.47 Å². The molecule has 0 bridgehead atoms. The number of rotatable bonds is 3. The molecular formula is C19H19N7O4S. The fourth-order valence-corrected chi connectivity index (χ4v) is 4.53. The standard InChI is InChI=1S/C19H19N7O4S/c1-8-7-11(23-25(8)2)26-5-6-30-14(19(26)29)13(27)17-21-10-4-3-9-15(31-24-16(9)20)12(10)18(28)22-17/h3-4,7,13-14,27H,5-6H2,1-2H3,(H2,20,24)(H,21,22,28). The minimum Gasteiger partial charge on any atom is -0.382 e. The van der Waals surface area contributed by atoms with Crippen LogP contribution in [0.2, 0.25) is 0 Å². The minimum atomic E-state index is -1.46. The van der Waals surface area contributed by atoms with Crippen molar-refractivity contribution in [2.24, 2.45) is 7.05 Å². The van der Waals surface area contributed by atoms with E-state index in [9.17, 15) is 14.7 Å². The minimum absolute atomic E-state index is 0.0493. The molecule has 1 fully saturated rings. The molecule has 1 saturated heterocycles. The van der Waals surface area contributed by atoms with E-state index >= 15 is 0 Å². The predicted octanol–water partition coefficient (Wildman–Crippen LogP) is 0.622. The first kappa shape index (κ1) is 19.6. The normalized spacial score (nSPS) is 18.2. The van der Waals surface area contributed by atoms with Gasteiger partial charge in [0.2, 0.25) is 0 Å². The lowest BCUT2D eigenvalue weighted by molar-refractivity contribution is -0.143. The van der Waals surface area contributed by atoms with Crippen molar-refractivity contribution in [3.05, 3.63) is 40.1 Å². The molecule has 2 unspecified atom stereocenters. The Bertz CT molecular complexity index is 1370. The molecule has 0 spiro atoms. The molecule has 160 valence electrons. The molecule has 3 aromatic heterocycles. The van der Waals surface area contributed by atoms with E-state index in [2.05, 4.69) is 19.4 Å². The number of morpholine rings is 1. The number of nitrogens with one attached hydrogen (secondary N) is 1. The van der Waals surface area contributed by atoms with E-state index in [0.717, 1.165) is 17.2 Å². The van der Waals surface area contributed by atoms with Gasteiger partial charge in [-0.25, -0.2) is 4.98 Å². The van der Waals surface area contributed by atoms with Crippen LogP contribution in [0.1, 0.15) is 17.6 Å². The number of hydrogen-bond acceptors (Lipinski definition) is 9. The Labute approximate surface area is 179 Å². The number of nitrogen functional groups attached to an aromatic ring is 1. The molecule has 12 heteroatoms. The maximum atomic E-state index is 13.0. The molecule has 4 aromatic rings. The number of amides is 1. The van der Waals surface area contributed by atoms with Crippen molar-refractivity contribution < 1.29 is 14.6 Å². The molecule has 0 aliphatic carbocycles. The average Bonchev–Trinajstić information content (AvgIpc) is 3.29. The van der Waals surface area contributed by atoms with Gasteiger partial charge in [0.1, 0.15) is 17.7 Å². The highest BCUT2D eigenvalue weighted by Crippen LogP contribution is 2.30. The highest BCUT2D eigenvalue weighted by molar-refractivity contribution is 7.14. The smallest absolute Gasteiger partial charge is 0.260 e. The molecule has 1 amide bonds. The fourth-order valence-electron chi connectivity index (χ4n) is 3.68. The average molecular weight is 441 g/mol. The molecule has 2 atom stereocenters. The molecule has 4 heterocycles. The highest BCUT2D eigenvalue weighted by atomic mass is 32.1. The van der Waals surface area contributed by atoms with Gasteiger partial charge in [0.15, 0.2) is 11.9 Å². The number of ether oxygens (including phenoxy) is 1. The second-order valence-corrected chi connectivity index (χ2v) is 8.12. The van der Waals surface area contributed by atoms with Crippen LogP contribution in [0.3, 0.4) is 0 Å². The van der Waals surface area contributed by atoms with Gasteiger partial charge in [-0.3, -0.25) is 19.2 Å². The number of aromatic amines is 1. The number of H-pyrrole nitrogens is 1. The van der Waals surface area contributed by atoms with Crippen LogP contribution in [0, 0.1) is 6.92 Å². The molecule has 1 aliphatic rings. The topological polar surface area (TPSA) is 152 Å². The number of carbonyl (C=O) groups is 1. The summed E-state index contributed by atoms with van der Waals surface area (Å²) >= 11 is 1.11. The van der Waals surface area contributed by atoms with Crippen molar-refractivity contribution in [3.63, 3.8) is 0 Å². The number of benzene rings is 1. The molecule has 11 nitrogen and oxygen atoms in total. The van der Waals surface area contributed by atoms with E-state index in [4.69, 9.17) is 10.5 Å². The maximum absolute atomic E-state index is 13.0. The van der Waals surface area contributed by atoms with Gasteiger partial charge in [-0.05, 0) is 30.6 Å². The number of aryl methyl sites for hydroxylation is 2. The lowest BCUT2D eigenvalue weighted by atomic mass is 10.1. The fraction of sp³-hybridized carbons (Fsp3) is 0.316. The number of carbonyl (C=O) groups excluding carboxylic acids is 1.